The second kappa shape index (κ2) is 8.28. The Morgan fingerprint density at radius 1 is 1.38 bits per heavy atom. The van der Waals surface area contributed by atoms with Crippen LogP contribution in [0.15, 0.2) is 29.0 Å². The molecule has 0 aliphatic heterocycles. The molecule has 0 bridgehead atoms. The molecule has 2 rings (SSSR count). The molecule has 0 saturated heterocycles. The molecule has 0 spiro atoms. The van der Waals surface area contributed by atoms with Crippen LogP contribution in [0.5, 0.6) is 11.5 Å². The first-order chi connectivity index (χ1) is 11.5. The average Bonchev–Trinajstić information content (AvgIpc) is 3.04. The van der Waals surface area contributed by atoms with Crippen molar-refractivity contribution in [2.45, 2.75) is 26.4 Å². The topological polar surface area (TPSA) is 73.6 Å². The van der Waals surface area contributed by atoms with E-state index in [-0.39, 0.29) is 23.1 Å². The van der Waals surface area contributed by atoms with E-state index in [1.807, 2.05) is 6.92 Å². The number of carbonyl (C=O) groups is 1. The highest BCUT2D eigenvalue weighted by atomic mass is 19.3. The molecule has 0 atom stereocenters. The number of halogens is 2. The Labute approximate surface area is 137 Å². The van der Waals surface area contributed by atoms with Gasteiger partial charge in [-0.15, -0.1) is 0 Å². The predicted molar refractivity (Wildman–Crippen MR) is 81.5 cm³/mol. The van der Waals surface area contributed by atoms with Crippen LogP contribution >= 0.6 is 0 Å². The van der Waals surface area contributed by atoms with Crippen molar-refractivity contribution in [1.82, 2.24) is 10.3 Å². The number of methoxy groups -OCH3 is 1. The predicted octanol–water partition coefficient (Wildman–Crippen LogP) is 2.82. The number of rotatable bonds is 8. The van der Waals surface area contributed by atoms with E-state index < -0.39 is 6.61 Å². The molecule has 1 aromatic carbocycles. The highest BCUT2D eigenvalue weighted by molar-refractivity contribution is 5.93. The van der Waals surface area contributed by atoms with E-state index in [0.717, 1.165) is 5.56 Å². The van der Waals surface area contributed by atoms with E-state index in [1.165, 1.54) is 19.6 Å². The summed E-state index contributed by atoms with van der Waals surface area (Å²) in [6.07, 6.45) is 2.31. The molecule has 1 heterocycles. The molecule has 8 heteroatoms. The number of carbonyl (C=O) groups excluding carboxylic acids is 1. The molecule has 0 aliphatic rings. The zero-order valence-electron chi connectivity index (χ0n) is 13.3. The maximum absolute atomic E-state index is 12.3. The van der Waals surface area contributed by atoms with E-state index in [1.54, 1.807) is 12.1 Å². The summed E-state index contributed by atoms with van der Waals surface area (Å²) < 4.78 is 39.1. The lowest BCUT2D eigenvalue weighted by Crippen LogP contribution is -2.26. The molecule has 0 radical (unpaired) electrons. The van der Waals surface area contributed by atoms with Crippen molar-refractivity contribution in [1.29, 1.82) is 0 Å². The van der Waals surface area contributed by atoms with Gasteiger partial charge in [0.2, 0.25) is 0 Å². The molecule has 1 N–H and O–H groups in total. The zero-order valence-corrected chi connectivity index (χ0v) is 13.3. The molecule has 1 aromatic heterocycles. The summed E-state index contributed by atoms with van der Waals surface area (Å²) in [6, 6.07) is 4.65. The fraction of sp³-hybridized carbons (Fsp3) is 0.375. The Hall–Kier alpha value is -2.64. The normalized spacial score (nSPS) is 10.7. The van der Waals surface area contributed by atoms with Gasteiger partial charge in [-0.3, -0.25) is 4.79 Å². The van der Waals surface area contributed by atoms with Gasteiger partial charge in [0.1, 0.15) is 5.76 Å². The van der Waals surface area contributed by atoms with Crippen molar-refractivity contribution in [3.8, 4) is 11.5 Å². The van der Waals surface area contributed by atoms with Crippen LogP contribution in [0.4, 0.5) is 8.78 Å². The maximum atomic E-state index is 12.3. The van der Waals surface area contributed by atoms with Gasteiger partial charge in [0.05, 0.1) is 7.11 Å². The van der Waals surface area contributed by atoms with Crippen molar-refractivity contribution in [2.24, 2.45) is 0 Å². The Kier molecular flexibility index (Phi) is 6.11. The molecule has 24 heavy (non-hydrogen) atoms. The van der Waals surface area contributed by atoms with Crippen LogP contribution in [-0.4, -0.2) is 31.2 Å². The zero-order chi connectivity index (χ0) is 17.5. The molecular formula is C16H18F2N2O4. The molecule has 0 fully saturated rings. The van der Waals surface area contributed by atoms with Gasteiger partial charge >= 0.3 is 6.61 Å². The third kappa shape index (κ3) is 4.43. The quantitative estimate of drug-likeness (QED) is 0.800. The number of nitrogens with one attached hydrogen (secondary N) is 1. The smallest absolute Gasteiger partial charge is 0.387 e. The van der Waals surface area contributed by atoms with Gasteiger partial charge in [-0.05, 0) is 24.1 Å². The van der Waals surface area contributed by atoms with Crippen molar-refractivity contribution in [2.75, 3.05) is 13.7 Å². The van der Waals surface area contributed by atoms with Gasteiger partial charge < -0.3 is 19.2 Å². The SMILES string of the molecule is CCc1ocnc1C(=O)NCCc1ccc(OC(F)F)c(OC)c1. The Morgan fingerprint density at radius 2 is 2.17 bits per heavy atom. The van der Waals surface area contributed by atoms with Gasteiger partial charge in [-0.2, -0.15) is 8.78 Å². The van der Waals surface area contributed by atoms with Crippen molar-refractivity contribution in [3.05, 3.63) is 41.6 Å². The number of hydrogen-bond donors (Lipinski definition) is 1. The number of alkyl halides is 2. The summed E-state index contributed by atoms with van der Waals surface area (Å²) >= 11 is 0. The number of aryl methyl sites for hydroxylation is 1. The minimum atomic E-state index is -2.92. The molecule has 2 aromatic rings. The number of hydrogen-bond acceptors (Lipinski definition) is 5. The fourth-order valence-corrected chi connectivity index (χ4v) is 2.17. The maximum Gasteiger partial charge on any atom is 0.387 e. The minimum Gasteiger partial charge on any atom is -0.493 e. The Balaban J connectivity index is 1.93. The first kappa shape index (κ1) is 17.7. The van der Waals surface area contributed by atoms with Crippen LogP contribution in [0, 0.1) is 0 Å². The Bertz CT molecular complexity index is 688. The van der Waals surface area contributed by atoms with Crippen molar-refractivity contribution >= 4 is 5.91 Å². The minimum absolute atomic E-state index is 0.0320. The van der Waals surface area contributed by atoms with Crippen LogP contribution in [0.25, 0.3) is 0 Å². The number of aromatic nitrogens is 1. The van der Waals surface area contributed by atoms with E-state index in [9.17, 15) is 13.6 Å². The standard InChI is InChI=1S/C16H18F2N2O4/c1-3-11-14(20-9-23-11)15(21)19-7-6-10-4-5-12(24-16(17)18)13(8-10)22-2/h4-5,8-9,16H,3,6-7H2,1-2H3,(H,19,21). The van der Waals surface area contributed by atoms with Crippen LogP contribution < -0.4 is 14.8 Å². The fourth-order valence-electron chi connectivity index (χ4n) is 2.17. The molecule has 0 aliphatic carbocycles. The third-order valence-electron chi connectivity index (χ3n) is 3.32. The van der Waals surface area contributed by atoms with Crippen LogP contribution in [0.1, 0.15) is 28.7 Å². The molecule has 0 unspecified atom stereocenters. The van der Waals surface area contributed by atoms with Gasteiger partial charge in [-0.1, -0.05) is 13.0 Å². The number of oxazole rings is 1. The van der Waals surface area contributed by atoms with E-state index in [4.69, 9.17) is 9.15 Å². The number of nitrogens with zero attached hydrogens (tertiary/aromatic N) is 1. The van der Waals surface area contributed by atoms with Crippen molar-refractivity contribution < 1.29 is 27.5 Å². The van der Waals surface area contributed by atoms with Crippen LogP contribution in [0.2, 0.25) is 0 Å². The van der Waals surface area contributed by atoms with E-state index >= 15 is 0 Å². The van der Waals surface area contributed by atoms with Crippen molar-refractivity contribution in [3.63, 3.8) is 0 Å². The molecule has 1 amide bonds. The summed E-state index contributed by atoms with van der Waals surface area (Å²) in [4.78, 5) is 15.9. The highest BCUT2D eigenvalue weighted by Crippen LogP contribution is 2.29. The molecule has 0 saturated carbocycles. The summed E-state index contributed by atoms with van der Waals surface area (Å²) in [6.45, 7) is -0.695. The monoisotopic (exact) mass is 340 g/mol. The lowest BCUT2D eigenvalue weighted by Gasteiger charge is -2.11. The highest BCUT2D eigenvalue weighted by Gasteiger charge is 2.15. The van der Waals surface area contributed by atoms with E-state index in [2.05, 4.69) is 15.0 Å². The van der Waals surface area contributed by atoms with Gasteiger partial charge in [0, 0.05) is 13.0 Å². The third-order valence-corrected chi connectivity index (χ3v) is 3.32. The largest absolute Gasteiger partial charge is 0.493 e. The summed E-state index contributed by atoms with van der Waals surface area (Å²) in [5, 5.41) is 2.74. The lowest BCUT2D eigenvalue weighted by molar-refractivity contribution is -0.0512. The molecular weight excluding hydrogens is 322 g/mol. The Morgan fingerprint density at radius 3 is 2.83 bits per heavy atom. The first-order valence-electron chi connectivity index (χ1n) is 7.37. The number of amides is 1. The molecule has 6 nitrogen and oxygen atoms in total. The summed E-state index contributed by atoms with van der Waals surface area (Å²) in [5.41, 5.74) is 1.08. The summed E-state index contributed by atoms with van der Waals surface area (Å²) in [7, 11) is 1.37. The lowest BCUT2D eigenvalue weighted by atomic mass is 10.1. The van der Waals surface area contributed by atoms with Gasteiger partial charge in [0.25, 0.3) is 5.91 Å². The number of benzene rings is 1. The van der Waals surface area contributed by atoms with Crippen LogP contribution in [0.3, 0.4) is 0 Å². The first-order valence-corrected chi connectivity index (χ1v) is 7.37. The second-order valence-electron chi connectivity index (χ2n) is 4.85. The molecule has 130 valence electrons. The van der Waals surface area contributed by atoms with Gasteiger partial charge in [0.15, 0.2) is 23.6 Å². The average molecular weight is 340 g/mol. The number of ether oxygens (including phenoxy) is 2. The van der Waals surface area contributed by atoms with Crippen LogP contribution in [-0.2, 0) is 12.8 Å². The summed E-state index contributed by atoms with van der Waals surface area (Å²) in [5.74, 6) is 0.396. The van der Waals surface area contributed by atoms with Gasteiger partial charge in [-0.25, -0.2) is 4.98 Å². The second-order valence-corrected chi connectivity index (χ2v) is 4.85. The van der Waals surface area contributed by atoms with E-state index in [0.29, 0.717) is 25.1 Å².